The summed E-state index contributed by atoms with van der Waals surface area (Å²) in [6, 6.07) is 5.20. The molecule has 1 rings (SSSR count). The maximum Gasteiger partial charge on any atom is 0.341 e. The van der Waals surface area contributed by atoms with Gasteiger partial charge in [0.25, 0.3) is 0 Å². The zero-order valence-corrected chi connectivity index (χ0v) is 12.1. The molecule has 0 aromatic heterocycles. The molecule has 0 aliphatic rings. The molecule has 0 spiro atoms. The largest absolute Gasteiger partial charge is 0.493 e. The highest BCUT2D eigenvalue weighted by atomic mass is 16.5. The third-order valence-electron chi connectivity index (χ3n) is 2.61. The molecule has 0 radical (unpaired) electrons. The van der Waals surface area contributed by atoms with Crippen molar-refractivity contribution in [2.45, 2.75) is 13.8 Å². The number of hydrogen-bond donors (Lipinski definition) is 0. The first-order chi connectivity index (χ1) is 9.54. The average Bonchev–Trinajstić information content (AvgIpc) is 2.43. The average molecular weight is 278 g/mol. The van der Waals surface area contributed by atoms with Crippen LogP contribution in [0.25, 0.3) is 6.08 Å². The molecule has 0 aliphatic heterocycles. The molecule has 0 saturated carbocycles. The fourth-order valence-corrected chi connectivity index (χ4v) is 1.69. The van der Waals surface area contributed by atoms with Crippen LogP contribution in [-0.4, -0.2) is 32.6 Å². The van der Waals surface area contributed by atoms with Crippen molar-refractivity contribution in [3.05, 3.63) is 29.3 Å². The van der Waals surface area contributed by atoms with Gasteiger partial charge in [-0.3, -0.25) is 4.79 Å². The lowest BCUT2D eigenvalue weighted by molar-refractivity contribution is -0.139. The van der Waals surface area contributed by atoms with Gasteiger partial charge < -0.3 is 14.2 Å². The molecular formula is C15H18O5. The first-order valence-electron chi connectivity index (χ1n) is 6.15. The van der Waals surface area contributed by atoms with Gasteiger partial charge in [-0.25, -0.2) is 4.79 Å². The van der Waals surface area contributed by atoms with E-state index in [1.807, 2.05) is 0 Å². The number of carbonyl (C=O) groups is 2. The Labute approximate surface area is 118 Å². The minimum absolute atomic E-state index is 0.0293. The highest BCUT2D eigenvalue weighted by Crippen LogP contribution is 2.32. The van der Waals surface area contributed by atoms with Gasteiger partial charge in [0, 0.05) is 5.56 Å². The third-order valence-corrected chi connectivity index (χ3v) is 2.61. The Kier molecular flexibility index (Phi) is 5.77. The number of ether oxygens (including phenoxy) is 3. The lowest BCUT2D eigenvalue weighted by Crippen LogP contribution is -2.13. The summed E-state index contributed by atoms with van der Waals surface area (Å²) in [6.45, 7) is 3.20. The van der Waals surface area contributed by atoms with Gasteiger partial charge in [-0.15, -0.1) is 0 Å². The van der Waals surface area contributed by atoms with Crippen molar-refractivity contribution >= 4 is 17.8 Å². The van der Waals surface area contributed by atoms with Gasteiger partial charge in [0.2, 0.25) is 0 Å². The SMILES string of the molecule is CCOC(=O)/C(=C/c1cccc(OC)c1OC)C(C)=O. The van der Waals surface area contributed by atoms with Crippen molar-refractivity contribution in [3.8, 4) is 11.5 Å². The van der Waals surface area contributed by atoms with Gasteiger partial charge >= 0.3 is 5.97 Å². The number of esters is 1. The molecule has 5 nitrogen and oxygen atoms in total. The van der Waals surface area contributed by atoms with E-state index in [0.717, 1.165) is 0 Å². The standard InChI is InChI=1S/C15H18O5/c1-5-20-15(17)12(10(2)16)9-11-7-6-8-13(18-3)14(11)19-4/h6-9H,5H2,1-4H3/b12-9+. The summed E-state index contributed by atoms with van der Waals surface area (Å²) in [5.74, 6) is -0.0377. The van der Waals surface area contributed by atoms with Gasteiger partial charge in [-0.2, -0.15) is 0 Å². The van der Waals surface area contributed by atoms with Crippen molar-refractivity contribution in [2.75, 3.05) is 20.8 Å². The van der Waals surface area contributed by atoms with Crippen molar-refractivity contribution in [1.82, 2.24) is 0 Å². The molecular weight excluding hydrogens is 260 g/mol. The normalized spacial score (nSPS) is 10.9. The molecule has 0 unspecified atom stereocenters. The molecule has 108 valence electrons. The van der Waals surface area contributed by atoms with Crippen LogP contribution in [0.1, 0.15) is 19.4 Å². The summed E-state index contributed by atoms with van der Waals surface area (Å²) in [6.07, 6.45) is 1.45. The van der Waals surface area contributed by atoms with E-state index in [4.69, 9.17) is 14.2 Å². The Hall–Kier alpha value is -2.30. The summed E-state index contributed by atoms with van der Waals surface area (Å²) in [5, 5.41) is 0. The molecule has 5 heteroatoms. The predicted molar refractivity (Wildman–Crippen MR) is 74.8 cm³/mol. The van der Waals surface area contributed by atoms with Crippen molar-refractivity contribution < 1.29 is 23.8 Å². The molecule has 0 amide bonds. The maximum absolute atomic E-state index is 11.8. The second-order valence-corrected chi connectivity index (χ2v) is 3.92. The number of rotatable bonds is 6. The Morgan fingerprint density at radius 1 is 1.20 bits per heavy atom. The molecule has 0 N–H and O–H groups in total. The molecule has 0 bridgehead atoms. The van der Waals surface area contributed by atoms with Crippen LogP contribution < -0.4 is 9.47 Å². The first-order valence-corrected chi connectivity index (χ1v) is 6.15. The first kappa shape index (κ1) is 15.8. The highest BCUT2D eigenvalue weighted by molar-refractivity contribution is 6.19. The zero-order valence-electron chi connectivity index (χ0n) is 12.1. The van der Waals surface area contributed by atoms with Gasteiger partial charge in [-0.05, 0) is 26.0 Å². The van der Waals surface area contributed by atoms with E-state index < -0.39 is 5.97 Å². The maximum atomic E-state index is 11.8. The minimum Gasteiger partial charge on any atom is -0.493 e. The highest BCUT2D eigenvalue weighted by Gasteiger charge is 2.17. The van der Waals surface area contributed by atoms with Crippen LogP contribution in [0.4, 0.5) is 0 Å². The molecule has 0 fully saturated rings. The van der Waals surface area contributed by atoms with Crippen molar-refractivity contribution in [1.29, 1.82) is 0 Å². The van der Waals surface area contributed by atoms with Gasteiger partial charge in [-0.1, -0.05) is 12.1 Å². The minimum atomic E-state index is -0.648. The quantitative estimate of drug-likeness (QED) is 0.345. The van der Waals surface area contributed by atoms with E-state index in [-0.39, 0.29) is 18.0 Å². The predicted octanol–water partition coefficient (Wildman–Crippen LogP) is 2.24. The van der Waals surface area contributed by atoms with Crippen molar-refractivity contribution in [2.24, 2.45) is 0 Å². The second kappa shape index (κ2) is 7.33. The lowest BCUT2D eigenvalue weighted by atomic mass is 10.1. The van der Waals surface area contributed by atoms with E-state index in [2.05, 4.69) is 0 Å². The Bertz CT molecular complexity index is 531. The third kappa shape index (κ3) is 3.60. The van der Waals surface area contributed by atoms with Crippen LogP contribution in [0.3, 0.4) is 0 Å². The molecule has 0 saturated heterocycles. The number of Topliss-reactive ketones (excluding diaryl/α,β-unsaturated/α-hetero) is 1. The number of para-hydroxylation sites is 1. The number of benzene rings is 1. The van der Waals surface area contributed by atoms with E-state index in [0.29, 0.717) is 17.1 Å². The molecule has 0 aliphatic carbocycles. The topological polar surface area (TPSA) is 61.8 Å². The molecule has 1 aromatic rings. The summed E-state index contributed by atoms with van der Waals surface area (Å²) < 4.78 is 15.3. The van der Waals surface area contributed by atoms with Crippen LogP contribution in [0.5, 0.6) is 11.5 Å². The Morgan fingerprint density at radius 2 is 1.90 bits per heavy atom. The summed E-state index contributed by atoms with van der Waals surface area (Å²) in [7, 11) is 3.01. The molecule has 1 aromatic carbocycles. The monoisotopic (exact) mass is 278 g/mol. The van der Waals surface area contributed by atoms with Crippen LogP contribution in [0.2, 0.25) is 0 Å². The van der Waals surface area contributed by atoms with Gasteiger partial charge in [0.05, 0.1) is 20.8 Å². The van der Waals surface area contributed by atoms with Crippen LogP contribution in [0.15, 0.2) is 23.8 Å². The number of ketones is 1. The number of carbonyl (C=O) groups excluding carboxylic acids is 2. The summed E-state index contributed by atoms with van der Waals surface area (Å²) in [4.78, 5) is 23.3. The van der Waals surface area contributed by atoms with Crippen LogP contribution in [0, 0.1) is 0 Å². The zero-order chi connectivity index (χ0) is 15.1. The Balaban J connectivity index is 3.31. The van der Waals surface area contributed by atoms with E-state index in [9.17, 15) is 9.59 Å². The molecule has 20 heavy (non-hydrogen) atoms. The number of hydrogen-bond acceptors (Lipinski definition) is 5. The Morgan fingerprint density at radius 3 is 2.40 bits per heavy atom. The summed E-state index contributed by atoms with van der Waals surface area (Å²) in [5.41, 5.74) is 0.545. The van der Waals surface area contributed by atoms with Gasteiger partial charge in [0.15, 0.2) is 17.3 Å². The van der Waals surface area contributed by atoms with Crippen LogP contribution >= 0.6 is 0 Å². The molecule has 0 heterocycles. The van der Waals surface area contributed by atoms with E-state index in [1.165, 1.54) is 27.2 Å². The van der Waals surface area contributed by atoms with E-state index in [1.54, 1.807) is 25.1 Å². The van der Waals surface area contributed by atoms with Gasteiger partial charge in [0.1, 0.15) is 5.57 Å². The lowest BCUT2D eigenvalue weighted by Gasteiger charge is -2.11. The summed E-state index contributed by atoms with van der Waals surface area (Å²) >= 11 is 0. The smallest absolute Gasteiger partial charge is 0.341 e. The van der Waals surface area contributed by atoms with Crippen molar-refractivity contribution in [3.63, 3.8) is 0 Å². The van der Waals surface area contributed by atoms with Crippen LogP contribution in [-0.2, 0) is 14.3 Å². The fourth-order valence-electron chi connectivity index (χ4n) is 1.69. The van der Waals surface area contributed by atoms with E-state index >= 15 is 0 Å². The fraction of sp³-hybridized carbons (Fsp3) is 0.333. The second-order valence-electron chi connectivity index (χ2n) is 3.92. The number of methoxy groups -OCH3 is 2. The molecule has 0 atom stereocenters.